The monoisotopic (exact) mass is 432 g/mol. The molecule has 106 valence electrons. The van der Waals surface area contributed by atoms with Crippen molar-refractivity contribution in [2.75, 3.05) is 0 Å². The van der Waals surface area contributed by atoms with Crippen molar-refractivity contribution < 1.29 is 30.4 Å². The second kappa shape index (κ2) is 7.06. The van der Waals surface area contributed by atoms with Crippen LogP contribution in [0.1, 0.15) is 47.1 Å². The minimum atomic E-state index is -0.262. The van der Waals surface area contributed by atoms with E-state index in [0.717, 1.165) is 5.46 Å². The molecule has 0 N–H and O–H groups in total. The zero-order valence-corrected chi connectivity index (χ0v) is 16.0. The molecule has 0 saturated carbocycles. The van der Waals surface area contributed by atoms with Gasteiger partial charge in [-0.05, 0) is 40.1 Å². The summed E-state index contributed by atoms with van der Waals surface area (Å²) in [4.78, 5) is 0. The normalized spacial score (nSPS) is 19.2. The van der Waals surface area contributed by atoms with Crippen LogP contribution in [-0.2, 0) is 30.4 Å². The fraction of sp³-hybridized carbons (Fsp3) is 0.600. The van der Waals surface area contributed by atoms with Crippen LogP contribution in [0.5, 0.6) is 0 Å². The van der Waals surface area contributed by atoms with Crippen molar-refractivity contribution in [1.82, 2.24) is 0 Å². The summed E-state index contributed by atoms with van der Waals surface area (Å²) in [7, 11) is -0.245. The maximum absolute atomic E-state index is 5.98. The zero-order valence-electron chi connectivity index (χ0n) is 13.1. The Morgan fingerprint density at radius 3 is 1.84 bits per heavy atom. The molecule has 2 rings (SSSR count). The van der Waals surface area contributed by atoms with Gasteiger partial charge in [-0.15, -0.1) is 0 Å². The Kier molecular flexibility index (Phi) is 7.02. The molecule has 0 atom stereocenters. The van der Waals surface area contributed by atoms with Gasteiger partial charge in [0.1, 0.15) is 0 Å². The standard InChI is InChI=1S/C13H19BO2.C2H6.W/c1-10-7-6-8-11(9-10)14-15-12(2,3)13(4,5)16-14;1-2;/h6-9H,1-5H3;1-2H3;. The van der Waals surface area contributed by atoms with E-state index in [4.69, 9.17) is 9.31 Å². The van der Waals surface area contributed by atoms with E-state index in [1.54, 1.807) is 0 Å². The maximum Gasteiger partial charge on any atom is 0.494 e. The van der Waals surface area contributed by atoms with Crippen molar-refractivity contribution in [3.63, 3.8) is 0 Å². The average Bonchev–Trinajstić information content (AvgIpc) is 2.51. The van der Waals surface area contributed by atoms with Gasteiger partial charge in [0.25, 0.3) is 0 Å². The first-order valence-electron chi connectivity index (χ1n) is 6.74. The summed E-state index contributed by atoms with van der Waals surface area (Å²) in [6.07, 6.45) is 0. The predicted molar refractivity (Wildman–Crippen MR) is 78.2 cm³/mol. The molecule has 0 bridgehead atoms. The summed E-state index contributed by atoms with van der Waals surface area (Å²) < 4.78 is 12.0. The summed E-state index contributed by atoms with van der Waals surface area (Å²) in [5, 5.41) is 0. The summed E-state index contributed by atoms with van der Waals surface area (Å²) in [6.45, 7) is 14.4. The molecule has 1 saturated heterocycles. The van der Waals surface area contributed by atoms with Crippen LogP contribution in [0, 0.1) is 6.92 Å². The van der Waals surface area contributed by atoms with Gasteiger partial charge < -0.3 is 9.31 Å². The molecule has 1 aromatic rings. The molecule has 2 nitrogen and oxygen atoms in total. The van der Waals surface area contributed by atoms with Crippen molar-refractivity contribution in [2.45, 2.75) is 59.7 Å². The minimum Gasteiger partial charge on any atom is -0.399 e. The van der Waals surface area contributed by atoms with Gasteiger partial charge in [0.05, 0.1) is 11.2 Å². The molecule has 1 heterocycles. The van der Waals surface area contributed by atoms with Gasteiger partial charge in [-0.1, -0.05) is 43.7 Å². The van der Waals surface area contributed by atoms with Crippen LogP contribution in [0.2, 0.25) is 0 Å². The van der Waals surface area contributed by atoms with Gasteiger partial charge in [-0.25, -0.2) is 0 Å². The second-order valence-corrected chi connectivity index (χ2v) is 5.50. The van der Waals surface area contributed by atoms with Gasteiger partial charge in [0, 0.05) is 21.1 Å². The molecule has 1 aliphatic rings. The molecule has 0 unspecified atom stereocenters. The average molecular weight is 432 g/mol. The van der Waals surface area contributed by atoms with Crippen LogP contribution in [0.25, 0.3) is 0 Å². The Balaban J connectivity index is 0.00000103. The Bertz CT molecular complexity index is 389. The van der Waals surface area contributed by atoms with E-state index >= 15 is 0 Å². The van der Waals surface area contributed by atoms with E-state index in [2.05, 4.69) is 52.8 Å². The van der Waals surface area contributed by atoms with Crippen molar-refractivity contribution in [1.29, 1.82) is 0 Å². The summed E-state index contributed by atoms with van der Waals surface area (Å²) in [5.74, 6) is 0. The topological polar surface area (TPSA) is 18.5 Å². The third kappa shape index (κ3) is 4.18. The molecular formula is C15H25BO2W. The van der Waals surface area contributed by atoms with Gasteiger partial charge in [-0.3, -0.25) is 0 Å². The van der Waals surface area contributed by atoms with Crippen LogP contribution in [0.4, 0.5) is 0 Å². The van der Waals surface area contributed by atoms with Crippen LogP contribution < -0.4 is 5.46 Å². The number of hydrogen-bond acceptors (Lipinski definition) is 2. The quantitative estimate of drug-likeness (QED) is 0.635. The van der Waals surface area contributed by atoms with Crippen LogP contribution in [-0.4, -0.2) is 18.3 Å². The van der Waals surface area contributed by atoms with E-state index < -0.39 is 0 Å². The van der Waals surface area contributed by atoms with E-state index in [-0.39, 0.29) is 39.4 Å². The van der Waals surface area contributed by atoms with Crippen molar-refractivity contribution in [2.24, 2.45) is 0 Å². The van der Waals surface area contributed by atoms with E-state index in [0.29, 0.717) is 0 Å². The first-order valence-corrected chi connectivity index (χ1v) is 6.74. The molecular weight excluding hydrogens is 407 g/mol. The van der Waals surface area contributed by atoms with Gasteiger partial charge >= 0.3 is 7.12 Å². The number of rotatable bonds is 1. The molecule has 4 heteroatoms. The number of hydrogen-bond donors (Lipinski definition) is 0. The van der Waals surface area contributed by atoms with E-state index in [1.165, 1.54) is 5.56 Å². The van der Waals surface area contributed by atoms with Gasteiger partial charge in [-0.2, -0.15) is 0 Å². The first-order chi connectivity index (χ1) is 8.32. The zero-order chi connectivity index (χ0) is 14.0. The first kappa shape index (κ1) is 18.9. The Labute approximate surface area is 132 Å². The molecule has 0 radical (unpaired) electrons. The fourth-order valence-corrected chi connectivity index (χ4v) is 1.80. The SMILES string of the molecule is CC.Cc1cccc(B2OC(C)(C)C(C)(C)O2)c1.[W]. The Morgan fingerprint density at radius 1 is 0.947 bits per heavy atom. The molecule has 19 heavy (non-hydrogen) atoms. The molecule has 0 aliphatic carbocycles. The smallest absolute Gasteiger partial charge is 0.399 e. The number of aryl methyl sites for hydroxylation is 1. The van der Waals surface area contributed by atoms with Gasteiger partial charge in [0.15, 0.2) is 0 Å². The van der Waals surface area contributed by atoms with E-state index in [9.17, 15) is 0 Å². The molecule has 0 aromatic heterocycles. The summed E-state index contributed by atoms with van der Waals surface area (Å²) in [6, 6.07) is 8.28. The van der Waals surface area contributed by atoms with Crippen molar-refractivity contribution in [3.05, 3.63) is 29.8 Å². The molecule has 1 fully saturated rings. The predicted octanol–water partition coefficient (Wildman–Crippen LogP) is 3.32. The largest absolute Gasteiger partial charge is 0.494 e. The molecule has 1 aromatic carbocycles. The van der Waals surface area contributed by atoms with Crippen LogP contribution in [0.3, 0.4) is 0 Å². The van der Waals surface area contributed by atoms with Gasteiger partial charge in [0.2, 0.25) is 0 Å². The van der Waals surface area contributed by atoms with Crippen LogP contribution >= 0.6 is 0 Å². The molecule has 1 aliphatic heterocycles. The maximum atomic E-state index is 5.98. The third-order valence-corrected chi connectivity index (χ3v) is 3.57. The number of benzene rings is 1. The van der Waals surface area contributed by atoms with E-state index in [1.807, 2.05) is 19.9 Å². The van der Waals surface area contributed by atoms with Crippen molar-refractivity contribution >= 4 is 12.6 Å². The molecule has 0 amide bonds. The summed E-state index contributed by atoms with van der Waals surface area (Å²) in [5.41, 5.74) is 1.80. The van der Waals surface area contributed by atoms with Crippen molar-refractivity contribution in [3.8, 4) is 0 Å². The molecule has 0 spiro atoms. The minimum absolute atomic E-state index is 0. The Hall–Kier alpha value is -0.107. The third-order valence-electron chi connectivity index (χ3n) is 3.57. The second-order valence-electron chi connectivity index (χ2n) is 5.50. The Morgan fingerprint density at radius 2 is 1.42 bits per heavy atom. The van der Waals surface area contributed by atoms with Crippen LogP contribution in [0.15, 0.2) is 24.3 Å². The summed E-state index contributed by atoms with van der Waals surface area (Å²) >= 11 is 0. The fourth-order valence-electron chi connectivity index (χ4n) is 1.80.